The number of methoxy groups -OCH3 is 1. The van der Waals surface area contributed by atoms with Gasteiger partial charge in [-0.25, -0.2) is 0 Å². The smallest absolute Gasteiger partial charge is 0.231 e. The number of amides is 1. The van der Waals surface area contributed by atoms with Gasteiger partial charge >= 0.3 is 0 Å². The van der Waals surface area contributed by atoms with E-state index in [1.807, 2.05) is 11.9 Å². The Labute approximate surface area is 110 Å². The molecule has 0 aromatic heterocycles. The van der Waals surface area contributed by atoms with Crippen molar-refractivity contribution in [1.82, 2.24) is 10.2 Å². The molecule has 1 heterocycles. The minimum absolute atomic E-state index is 0.280. The van der Waals surface area contributed by atoms with Gasteiger partial charge in [-0.2, -0.15) is 0 Å². The van der Waals surface area contributed by atoms with Crippen molar-refractivity contribution in [2.75, 3.05) is 33.9 Å². The summed E-state index contributed by atoms with van der Waals surface area (Å²) in [6.07, 6.45) is 6.67. The van der Waals surface area contributed by atoms with Crippen molar-refractivity contribution in [2.24, 2.45) is 5.41 Å². The minimum Gasteiger partial charge on any atom is -0.384 e. The SMILES string of the molecule is COCC1(C(=O)N(C)C2CCCC2)CCNCC1. The highest BCUT2D eigenvalue weighted by molar-refractivity contribution is 5.83. The lowest BCUT2D eigenvalue weighted by Gasteiger charge is -2.40. The Morgan fingerprint density at radius 2 is 1.94 bits per heavy atom. The molecule has 4 heteroatoms. The third-order valence-corrected chi connectivity index (χ3v) is 4.63. The molecule has 1 N–H and O–H groups in total. The molecule has 1 saturated carbocycles. The Kier molecular flexibility index (Phi) is 4.62. The Morgan fingerprint density at radius 3 is 2.50 bits per heavy atom. The largest absolute Gasteiger partial charge is 0.384 e. The van der Waals surface area contributed by atoms with Crippen LogP contribution in [-0.2, 0) is 9.53 Å². The van der Waals surface area contributed by atoms with Gasteiger partial charge in [0, 0.05) is 20.2 Å². The normalized spacial score (nSPS) is 24.1. The van der Waals surface area contributed by atoms with E-state index in [2.05, 4.69) is 5.32 Å². The number of nitrogens with zero attached hydrogens (tertiary/aromatic N) is 1. The van der Waals surface area contributed by atoms with Crippen LogP contribution in [-0.4, -0.2) is 50.7 Å². The van der Waals surface area contributed by atoms with E-state index in [1.165, 1.54) is 25.7 Å². The molecular weight excluding hydrogens is 228 g/mol. The summed E-state index contributed by atoms with van der Waals surface area (Å²) in [4.78, 5) is 14.8. The quantitative estimate of drug-likeness (QED) is 0.824. The van der Waals surface area contributed by atoms with Gasteiger partial charge < -0.3 is 15.0 Å². The summed E-state index contributed by atoms with van der Waals surface area (Å²) >= 11 is 0. The second-order valence-electron chi connectivity index (χ2n) is 5.82. The number of rotatable bonds is 4. The van der Waals surface area contributed by atoms with E-state index in [1.54, 1.807) is 7.11 Å². The van der Waals surface area contributed by atoms with Crippen LogP contribution in [0, 0.1) is 5.41 Å². The number of carbonyl (C=O) groups excluding carboxylic acids is 1. The van der Waals surface area contributed by atoms with Gasteiger partial charge in [-0.1, -0.05) is 12.8 Å². The number of hydrogen-bond donors (Lipinski definition) is 1. The summed E-state index contributed by atoms with van der Waals surface area (Å²) in [7, 11) is 3.68. The van der Waals surface area contributed by atoms with E-state index in [4.69, 9.17) is 4.74 Å². The molecule has 0 bridgehead atoms. The topological polar surface area (TPSA) is 41.6 Å². The molecule has 0 aromatic carbocycles. The highest BCUT2D eigenvalue weighted by atomic mass is 16.5. The van der Waals surface area contributed by atoms with Gasteiger partial charge in [0.25, 0.3) is 0 Å². The van der Waals surface area contributed by atoms with Crippen molar-refractivity contribution < 1.29 is 9.53 Å². The summed E-state index contributed by atoms with van der Waals surface area (Å²) in [6.45, 7) is 2.41. The Bertz CT molecular complexity index is 276. The lowest BCUT2D eigenvalue weighted by atomic mass is 9.78. The van der Waals surface area contributed by atoms with Gasteiger partial charge in [-0.15, -0.1) is 0 Å². The van der Waals surface area contributed by atoms with E-state index >= 15 is 0 Å². The molecule has 1 aliphatic heterocycles. The summed E-state index contributed by atoms with van der Waals surface area (Å²) in [6, 6.07) is 0.459. The van der Waals surface area contributed by atoms with E-state index in [0.717, 1.165) is 25.9 Å². The van der Waals surface area contributed by atoms with Crippen LogP contribution in [0.1, 0.15) is 38.5 Å². The van der Waals surface area contributed by atoms with Crippen molar-refractivity contribution >= 4 is 5.91 Å². The Hall–Kier alpha value is -0.610. The molecule has 104 valence electrons. The predicted octanol–water partition coefficient (Wildman–Crippen LogP) is 1.40. The first kappa shape index (κ1) is 13.8. The van der Waals surface area contributed by atoms with Gasteiger partial charge in [-0.05, 0) is 38.8 Å². The number of piperidine rings is 1. The summed E-state index contributed by atoms with van der Waals surface area (Å²) < 4.78 is 5.34. The van der Waals surface area contributed by atoms with Crippen LogP contribution in [0.5, 0.6) is 0 Å². The summed E-state index contributed by atoms with van der Waals surface area (Å²) in [5.74, 6) is 0.303. The van der Waals surface area contributed by atoms with Crippen molar-refractivity contribution in [3.63, 3.8) is 0 Å². The second kappa shape index (κ2) is 6.02. The Balaban J connectivity index is 2.06. The molecule has 1 saturated heterocycles. The van der Waals surface area contributed by atoms with Crippen LogP contribution in [0.4, 0.5) is 0 Å². The molecule has 2 rings (SSSR count). The predicted molar refractivity (Wildman–Crippen MR) is 71.4 cm³/mol. The van der Waals surface area contributed by atoms with Crippen molar-refractivity contribution in [3.05, 3.63) is 0 Å². The van der Waals surface area contributed by atoms with E-state index in [0.29, 0.717) is 18.6 Å². The fourth-order valence-corrected chi connectivity index (χ4v) is 3.43. The molecule has 1 amide bonds. The molecule has 2 aliphatic rings. The van der Waals surface area contributed by atoms with Crippen LogP contribution in [0.3, 0.4) is 0 Å². The number of ether oxygens (including phenoxy) is 1. The van der Waals surface area contributed by atoms with E-state index in [-0.39, 0.29) is 5.41 Å². The highest BCUT2D eigenvalue weighted by Gasteiger charge is 2.42. The molecule has 0 atom stereocenters. The maximum absolute atomic E-state index is 12.8. The fourth-order valence-electron chi connectivity index (χ4n) is 3.43. The second-order valence-corrected chi connectivity index (χ2v) is 5.82. The highest BCUT2D eigenvalue weighted by Crippen LogP contribution is 2.34. The van der Waals surface area contributed by atoms with Crippen LogP contribution in [0.25, 0.3) is 0 Å². The van der Waals surface area contributed by atoms with Gasteiger partial charge in [-0.3, -0.25) is 4.79 Å². The summed E-state index contributed by atoms with van der Waals surface area (Å²) in [5, 5.41) is 3.33. The molecule has 18 heavy (non-hydrogen) atoms. The standard InChI is InChI=1S/C14H26N2O2/c1-16(12-5-3-4-6-12)13(17)14(11-18-2)7-9-15-10-8-14/h12,15H,3-11H2,1-2H3. The fraction of sp³-hybridized carbons (Fsp3) is 0.929. The molecular formula is C14H26N2O2. The maximum Gasteiger partial charge on any atom is 0.231 e. The number of carbonyl (C=O) groups is 1. The molecule has 0 unspecified atom stereocenters. The zero-order valence-electron chi connectivity index (χ0n) is 11.7. The van der Waals surface area contributed by atoms with Crippen LogP contribution < -0.4 is 5.32 Å². The maximum atomic E-state index is 12.8. The molecule has 2 fully saturated rings. The van der Waals surface area contributed by atoms with Crippen molar-refractivity contribution in [1.29, 1.82) is 0 Å². The lowest BCUT2D eigenvalue weighted by molar-refractivity contribution is -0.148. The van der Waals surface area contributed by atoms with Gasteiger partial charge in [0.15, 0.2) is 0 Å². The van der Waals surface area contributed by atoms with Crippen molar-refractivity contribution in [3.8, 4) is 0 Å². The minimum atomic E-state index is -0.280. The first-order chi connectivity index (χ1) is 8.69. The van der Waals surface area contributed by atoms with E-state index in [9.17, 15) is 4.79 Å². The molecule has 0 aromatic rings. The zero-order chi connectivity index (χ0) is 13.0. The molecule has 4 nitrogen and oxygen atoms in total. The van der Waals surface area contributed by atoms with Crippen LogP contribution in [0.2, 0.25) is 0 Å². The lowest BCUT2D eigenvalue weighted by Crippen LogP contribution is -2.52. The first-order valence-corrected chi connectivity index (χ1v) is 7.16. The molecule has 0 spiro atoms. The van der Waals surface area contributed by atoms with E-state index < -0.39 is 0 Å². The molecule has 1 aliphatic carbocycles. The first-order valence-electron chi connectivity index (χ1n) is 7.16. The summed E-state index contributed by atoms with van der Waals surface area (Å²) in [5.41, 5.74) is -0.280. The Morgan fingerprint density at radius 1 is 1.33 bits per heavy atom. The average Bonchev–Trinajstić information content (AvgIpc) is 2.92. The van der Waals surface area contributed by atoms with Crippen LogP contribution in [0.15, 0.2) is 0 Å². The monoisotopic (exact) mass is 254 g/mol. The average molecular weight is 254 g/mol. The van der Waals surface area contributed by atoms with Gasteiger partial charge in [0.1, 0.15) is 0 Å². The zero-order valence-corrected chi connectivity index (χ0v) is 11.7. The number of nitrogens with one attached hydrogen (secondary N) is 1. The van der Waals surface area contributed by atoms with Crippen molar-refractivity contribution in [2.45, 2.75) is 44.6 Å². The third-order valence-electron chi connectivity index (χ3n) is 4.63. The molecule has 0 radical (unpaired) electrons. The van der Waals surface area contributed by atoms with Gasteiger partial charge in [0.05, 0.1) is 12.0 Å². The van der Waals surface area contributed by atoms with Gasteiger partial charge in [0.2, 0.25) is 5.91 Å². The third kappa shape index (κ3) is 2.69. The number of hydrogen-bond acceptors (Lipinski definition) is 3. The van der Waals surface area contributed by atoms with Crippen LogP contribution >= 0.6 is 0 Å².